The summed E-state index contributed by atoms with van der Waals surface area (Å²) in [6, 6.07) is 6.44. The first-order valence-corrected chi connectivity index (χ1v) is 14.8. The van der Waals surface area contributed by atoms with Gasteiger partial charge in [-0.15, -0.1) is 0 Å². The molecule has 1 aromatic rings. The van der Waals surface area contributed by atoms with Crippen LogP contribution < -0.4 is 4.90 Å². The number of benzene rings is 1. The Labute approximate surface area is 278 Å². The topological polar surface area (TPSA) is 146 Å². The van der Waals surface area contributed by atoms with E-state index in [2.05, 4.69) is 26.3 Å². The molecule has 0 aromatic heterocycles. The van der Waals surface area contributed by atoms with E-state index >= 15 is 0 Å². The van der Waals surface area contributed by atoms with E-state index < -0.39 is 54.7 Å². The third-order valence-corrected chi connectivity index (χ3v) is 7.38. The van der Waals surface area contributed by atoms with E-state index in [1.54, 1.807) is 76.3 Å². The van der Waals surface area contributed by atoms with Crippen molar-refractivity contribution >= 4 is 46.8 Å². The van der Waals surface area contributed by atoms with E-state index in [1.807, 2.05) is 0 Å². The number of hydrogen-bond acceptors (Lipinski definition) is 11. The van der Waals surface area contributed by atoms with E-state index in [9.17, 15) is 28.8 Å². The van der Waals surface area contributed by atoms with Crippen LogP contribution in [-0.2, 0) is 47.7 Å². The summed E-state index contributed by atoms with van der Waals surface area (Å²) in [5.41, 5.74) is 1.82. The molecule has 1 aromatic carbocycles. The smallest absolute Gasteiger partial charge is 0.335 e. The lowest BCUT2D eigenvalue weighted by Crippen LogP contribution is -2.45. The molecule has 0 amide bonds. The normalized spacial score (nSPS) is 17.5. The summed E-state index contributed by atoms with van der Waals surface area (Å²) >= 11 is 0. The minimum Gasteiger partial charge on any atom is -0.439 e. The Balaban J connectivity index is 1.88. The quantitative estimate of drug-likeness (QED) is 0.0546. The van der Waals surface area contributed by atoms with Crippen LogP contribution in [0.25, 0.3) is 0 Å². The molecule has 1 saturated carbocycles. The number of carbonyl (C=O) groups excluding carboxylic acids is 6. The molecule has 48 heavy (non-hydrogen) atoms. The lowest BCUT2D eigenvalue weighted by Gasteiger charge is -2.35. The van der Waals surface area contributed by atoms with Crippen LogP contribution in [0.3, 0.4) is 0 Å². The summed E-state index contributed by atoms with van der Waals surface area (Å²) in [5, 5.41) is 0. The molecule has 12 heteroatoms. The van der Waals surface area contributed by atoms with Crippen molar-refractivity contribution in [2.45, 2.75) is 58.5 Å². The van der Waals surface area contributed by atoms with Crippen molar-refractivity contribution in [3.63, 3.8) is 0 Å². The Morgan fingerprint density at radius 3 is 1.46 bits per heavy atom. The van der Waals surface area contributed by atoms with Crippen LogP contribution in [0.4, 0.5) is 5.69 Å². The van der Waals surface area contributed by atoms with Crippen molar-refractivity contribution in [2.24, 2.45) is 0 Å². The van der Waals surface area contributed by atoms with E-state index in [1.165, 1.54) is 9.48 Å². The molecule has 0 bridgehead atoms. The van der Waals surface area contributed by atoms with Crippen LogP contribution >= 0.6 is 0 Å². The van der Waals surface area contributed by atoms with E-state index in [0.29, 0.717) is 22.5 Å². The van der Waals surface area contributed by atoms with Gasteiger partial charge in [0.15, 0.2) is 24.0 Å². The summed E-state index contributed by atoms with van der Waals surface area (Å²) in [7, 11) is 0. The molecule has 0 aliphatic heterocycles. The van der Waals surface area contributed by atoms with Gasteiger partial charge in [0.25, 0.3) is 0 Å². The predicted molar refractivity (Wildman–Crippen MR) is 175 cm³/mol. The van der Waals surface area contributed by atoms with Crippen molar-refractivity contribution in [3.05, 3.63) is 116 Å². The maximum Gasteiger partial charge on any atom is 0.335 e. The van der Waals surface area contributed by atoms with E-state index in [-0.39, 0.29) is 17.1 Å². The van der Waals surface area contributed by atoms with Gasteiger partial charge >= 0.3 is 36.3 Å². The van der Waals surface area contributed by atoms with Gasteiger partial charge in [-0.25, -0.2) is 19.2 Å². The largest absolute Gasteiger partial charge is 0.439 e. The predicted octanol–water partition coefficient (Wildman–Crippen LogP) is 3.91. The first-order chi connectivity index (χ1) is 22.8. The Morgan fingerprint density at radius 1 is 0.667 bits per heavy atom. The van der Waals surface area contributed by atoms with Gasteiger partial charge in [0.05, 0.1) is 5.57 Å². The molecule has 1 fully saturated rings. The number of esters is 4. The van der Waals surface area contributed by atoms with Crippen molar-refractivity contribution in [1.29, 1.82) is 0 Å². The molecule has 4 unspecified atom stereocenters. The standard InChI is InChI=1S/C36H37N2O10/c1-9-29(39)45-21(5)37(22(6)46-30(40)10-2)27-17-13-25(14-18-27)33-35(43)34(36(33)44)26-15-19-28(20-16-26)38(23(7)47-31(41)11-3)24(8)48-32(42)12-4/h9-24,33H,1-4H2,5-8H3/q+1. The lowest BCUT2D eigenvalue weighted by molar-refractivity contribution is -0.660. The second-order valence-corrected chi connectivity index (χ2v) is 10.5. The van der Waals surface area contributed by atoms with Crippen molar-refractivity contribution in [3.8, 4) is 0 Å². The number of rotatable bonds is 14. The van der Waals surface area contributed by atoms with Crippen molar-refractivity contribution < 1.29 is 52.3 Å². The third-order valence-electron chi connectivity index (χ3n) is 7.38. The Bertz CT molecular complexity index is 1580. The summed E-state index contributed by atoms with van der Waals surface area (Å²) in [6.07, 6.45) is 6.86. The molecule has 0 spiro atoms. The number of hydrogen-bond donors (Lipinski definition) is 0. The highest BCUT2D eigenvalue weighted by Gasteiger charge is 2.46. The molecular formula is C36H37N2O10+. The molecule has 250 valence electrons. The Morgan fingerprint density at radius 2 is 1.06 bits per heavy atom. The minimum atomic E-state index is -1.03. The van der Waals surface area contributed by atoms with Gasteiger partial charge in [-0.2, -0.15) is 4.58 Å². The highest BCUT2D eigenvalue weighted by Crippen LogP contribution is 2.38. The fraction of sp³-hybridized carbons (Fsp3) is 0.250. The van der Waals surface area contributed by atoms with Gasteiger partial charge in [0.1, 0.15) is 5.92 Å². The van der Waals surface area contributed by atoms with Crippen molar-refractivity contribution in [2.75, 3.05) is 4.90 Å². The van der Waals surface area contributed by atoms with E-state index in [0.717, 1.165) is 24.3 Å². The molecule has 3 rings (SSSR count). The summed E-state index contributed by atoms with van der Waals surface area (Å²) < 4.78 is 22.9. The van der Waals surface area contributed by atoms with Gasteiger partial charge in [0, 0.05) is 56.0 Å². The number of nitrogens with zero attached hydrogens (tertiary/aromatic N) is 2. The minimum absolute atomic E-state index is 0.0241. The van der Waals surface area contributed by atoms with Crippen LogP contribution in [0.15, 0.2) is 110 Å². The zero-order valence-corrected chi connectivity index (χ0v) is 27.1. The first-order valence-electron chi connectivity index (χ1n) is 14.8. The van der Waals surface area contributed by atoms with Gasteiger partial charge in [-0.1, -0.05) is 38.4 Å². The number of Topliss-reactive ketones (excluding diaryl/α,β-unsaturated/α-hetero) is 2. The third kappa shape index (κ3) is 8.27. The second kappa shape index (κ2) is 16.1. The summed E-state index contributed by atoms with van der Waals surface area (Å²) in [4.78, 5) is 75.6. The molecule has 2 aliphatic rings. The fourth-order valence-electron chi connectivity index (χ4n) is 5.20. The Kier molecular flexibility index (Phi) is 12.2. The highest BCUT2D eigenvalue weighted by atomic mass is 16.6. The number of allylic oxidation sites excluding steroid dienone is 6. The highest BCUT2D eigenvalue weighted by molar-refractivity contribution is 6.42. The van der Waals surface area contributed by atoms with Crippen LogP contribution in [0, 0.1) is 0 Å². The van der Waals surface area contributed by atoms with Gasteiger partial charge in [0.2, 0.25) is 5.71 Å². The summed E-state index contributed by atoms with van der Waals surface area (Å²) in [5.74, 6) is -4.52. The molecule has 0 heterocycles. The maximum atomic E-state index is 13.3. The zero-order valence-electron chi connectivity index (χ0n) is 27.1. The number of ketones is 2. The number of ether oxygens (including phenoxy) is 4. The van der Waals surface area contributed by atoms with Crippen LogP contribution in [-0.4, -0.2) is 70.6 Å². The lowest BCUT2D eigenvalue weighted by atomic mass is 9.70. The van der Waals surface area contributed by atoms with Crippen molar-refractivity contribution in [1.82, 2.24) is 0 Å². The monoisotopic (exact) mass is 657 g/mol. The zero-order chi connectivity index (χ0) is 35.7. The molecule has 0 radical (unpaired) electrons. The maximum absolute atomic E-state index is 13.3. The average molecular weight is 658 g/mol. The number of carbonyl (C=O) groups is 6. The molecule has 4 atom stereocenters. The summed E-state index contributed by atoms with van der Waals surface area (Å²) in [6.45, 7) is 19.9. The first kappa shape index (κ1) is 36.6. The average Bonchev–Trinajstić information content (AvgIpc) is 3.06. The van der Waals surface area contributed by atoms with Crippen LogP contribution in [0.2, 0.25) is 0 Å². The second-order valence-electron chi connectivity index (χ2n) is 10.5. The van der Waals surface area contributed by atoms with Crippen LogP contribution in [0.5, 0.6) is 0 Å². The number of anilines is 1. The van der Waals surface area contributed by atoms with Gasteiger partial charge < -0.3 is 23.8 Å². The fourth-order valence-corrected chi connectivity index (χ4v) is 5.20. The molecule has 0 N–H and O–H groups in total. The SMILES string of the molecule is C=CC(=O)OC(C)N(c1ccc(C2C(=O)C(=C3C=CC(=[N+](C(C)OC(=O)C=C)C(C)OC(=O)C=C)C=C3)C2=O)cc1)C(C)OC(=O)C=C. The molecule has 0 saturated heterocycles. The van der Waals surface area contributed by atoms with Gasteiger partial charge in [-0.05, 0) is 49.3 Å². The van der Waals surface area contributed by atoms with E-state index in [4.69, 9.17) is 18.9 Å². The van der Waals surface area contributed by atoms with Crippen LogP contribution in [0.1, 0.15) is 39.2 Å². The molecule has 12 nitrogen and oxygen atoms in total. The molecule has 2 aliphatic carbocycles. The van der Waals surface area contributed by atoms with Gasteiger partial charge in [-0.3, -0.25) is 9.59 Å². The molecular weight excluding hydrogens is 620 g/mol. The Hall–Kier alpha value is -5.91.